The van der Waals surface area contributed by atoms with E-state index in [0.717, 1.165) is 24.6 Å². The molecule has 1 N–H and O–H groups in total. The molecule has 1 fully saturated rings. The third-order valence-corrected chi connectivity index (χ3v) is 3.88. The zero-order chi connectivity index (χ0) is 14.6. The summed E-state index contributed by atoms with van der Waals surface area (Å²) in [6, 6.07) is 0.636. The predicted octanol–water partition coefficient (Wildman–Crippen LogP) is 3.13. The lowest BCUT2D eigenvalue weighted by Crippen LogP contribution is -2.39. The van der Waals surface area contributed by atoms with Gasteiger partial charge in [0.05, 0.1) is 18.1 Å². The predicted molar refractivity (Wildman–Crippen MR) is 83.9 cm³/mol. The number of nitrogens with zero attached hydrogens (tertiary/aromatic N) is 3. The summed E-state index contributed by atoms with van der Waals surface area (Å²) in [6.45, 7) is 10.6. The highest BCUT2D eigenvalue weighted by molar-refractivity contribution is 5.38. The van der Waals surface area contributed by atoms with Gasteiger partial charge in [-0.3, -0.25) is 4.98 Å². The van der Waals surface area contributed by atoms with E-state index < -0.39 is 0 Å². The van der Waals surface area contributed by atoms with Gasteiger partial charge in [-0.2, -0.15) is 0 Å². The first-order valence-electron chi connectivity index (χ1n) is 7.82. The lowest BCUT2D eigenvalue weighted by molar-refractivity contribution is 0.420. The third-order valence-electron chi connectivity index (χ3n) is 3.88. The second-order valence-corrected chi connectivity index (χ2v) is 6.72. The third kappa shape index (κ3) is 4.17. The summed E-state index contributed by atoms with van der Waals surface area (Å²) in [5.74, 6) is 1.04. The van der Waals surface area contributed by atoms with E-state index in [1.807, 2.05) is 12.4 Å². The van der Waals surface area contributed by atoms with Crippen LogP contribution in [-0.2, 0) is 6.54 Å². The van der Waals surface area contributed by atoms with Gasteiger partial charge in [0.15, 0.2) is 0 Å². The first-order valence-corrected chi connectivity index (χ1v) is 7.82. The van der Waals surface area contributed by atoms with Crippen molar-refractivity contribution in [3.8, 4) is 0 Å². The zero-order valence-electron chi connectivity index (χ0n) is 13.3. The van der Waals surface area contributed by atoms with Crippen LogP contribution in [0, 0.1) is 0 Å². The molecule has 1 aromatic heterocycles. The van der Waals surface area contributed by atoms with Crippen LogP contribution in [0.1, 0.15) is 59.1 Å². The number of hydrogen-bond acceptors (Lipinski definition) is 4. The van der Waals surface area contributed by atoms with Gasteiger partial charge < -0.3 is 10.2 Å². The van der Waals surface area contributed by atoms with Crippen molar-refractivity contribution in [2.24, 2.45) is 0 Å². The maximum Gasteiger partial charge on any atom is 0.147 e. The van der Waals surface area contributed by atoms with Gasteiger partial charge in [-0.25, -0.2) is 4.98 Å². The van der Waals surface area contributed by atoms with Crippen molar-refractivity contribution in [3.63, 3.8) is 0 Å². The topological polar surface area (TPSA) is 41.1 Å². The van der Waals surface area contributed by atoms with Crippen molar-refractivity contribution in [1.82, 2.24) is 15.3 Å². The average Bonchev–Trinajstić information content (AvgIpc) is 2.45. The molecule has 2 rings (SSSR count). The summed E-state index contributed by atoms with van der Waals surface area (Å²) < 4.78 is 0. The number of hydrogen-bond donors (Lipinski definition) is 1. The number of rotatable bonds is 4. The van der Waals surface area contributed by atoms with Gasteiger partial charge in [0.25, 0.3) is 0 Å². The van der Waals surface area contributed by atoms with Gasteiger partial charge >= 0.3 is 0 Å². The summed E-state index contributed by atoms with van der Waals surface area (Å²) in [7, 11) is 0. The molecular weight excluding hydrogens is 248 g/mol. The molecule has 1 atom stereocenters. The fourth-order valence-electron chi connectivity index (χ4n) is 2.67. The Labute approximate surface area is 123 Å². The quantitative estimate of drug-likeness (QED) is 0.917. The molecule has 112 valence electrons. The van der Waals surface area contributed by atoms with Gasteiger partial charge in [0.1, 0.15) is 5.82 Å². The van der Waals surface area contributed by atoms with Crippen molar-refractivity contribution in [3.05, 3.63) is 18.1 Å². The monoisotopic (exact) mass is 276 g/mol. The Balaban J connectivity index is 2.00. The van der Waals surface area contributed by atoms with Crippen LogP contribution in [0.5, 0.6) is 0 Å². The molecule has 0 amide bonds. The van der Waals surface area contributed by atoms with E-state index in [2.05, 4.69) is 47.9 Å². The van der Waals surface area contributed by atoms with E-state index in [-0.39, 0.29) is 5.54 Å². The minimum absolute atomic E-state index is 0.112. The molecule has 0 aromatic carbocycles. The van der Waals surface area contributed by atoms with Crippen LogP contribution in [-0.4, -0.2) is 28.1 Å². The molecule has 4 heteroatoms. The first-order chi connectivity index (χ1) is 9.49. The smallest absolute Gasteiger partial charge is 0.147 e. The van der Waals surface area contributed by atoms with E-state index in [9.17, 15) is 0 Å². The number of anilines is 1. The lowest BCUT2D eigenvalue weighted by atomic mass is 10.0. The molecule has 0 saturated carbocycles. The van der Waals surface area contributed by atoms with Gasteiger partial charge in [-0.1, -0.05) is 6.92 Å². The molecule has 20 heavy (non-hydrogen) atoms. The SMILES string of the molecule is CCC1CCCCN1c1cnc(CNC(C)(C)C)cn1. The van der Waals surface area contributed by atoms with Gasteiger partial charge in [-0.15, -0.1) is 0 Å². The molecular formula is C16H28N4. The maximum absolute atomic E-state index is 4.62. The Hall–Kier alpha value is -1.16. The Morgan fingerprint density at radius 3 is 2.65 bits per heavy atom. The van der Waals surface area contributed by atoms with Crippen LogP contribution < -0.4 is 10.2 Å². The maximum atomic E-state index is 4.62. The molecule has 1 aliphatic rings. The molecule has 2 heterocycles. The fourth-order valence-corrected chi connectivity index (χ4v) is 2.67. The lowest BCUT2D eigenvalue weighted by Gasteiger charge is -2.36. The average molecular weight is 276 g/mol. The second-order valence-electron chi connectivity index (χ2n) is 6.72. The second kappa shape index (κ2) is 6.53. The molecule has 1 saturated heterocycles. The van der Waals surface area contributed by atoms with E-state index in [1.54, 1.807) is 0 Å². The van der Waals surface area contributed by atoms with Gasteiger partial charge in [0.2, 0.25) is 0 Å². The minimum Gasteiger partial charge on any atom is -0.352 e. The first kappa shape index (κ1) is 15.2. The molecule has 1 aromatic rings. The Morgan fingerprint density at radius 2 is 2.05 bits per heavy atom. The van der Waals surface area contributed by atoms with Crippen LogP contribution in [0.25, 0.3) is 0 Å². The summed E-state index contributed by atoms with van der Waals surface area (Å²) in [5, 5.41) is 3.44. The molecule has 1 unspecified atom stereocenters. The fraction of sp³-hybridized carbons (Fsp3) is 0.750. The Morgan fingerprint density at radius 1 is 1.25 bits per heavy atom. The number of nitrogens with one attached hydrogen (secondary N) is 1. The van der Waals surface area contributed by atoms with E-state index in [1.165, 1.54) is 25.7 Å². The summed E-state index contributed by atoms with van der Waals surface area (Å²) in [5.41, 5.74) is 1.12. The van der Waals surface area contributed by atoms with Crippen molar-refractivity contribution < 1.29 is 0 Å². The Kier molecular flexibility index (Phi) is 4.97. The van der Waals surface area contributed by atoms with Crippen LogP contribution in [0.2, 0.25) is 0 Å². The van der Waals surface area contributed by atoms with Crippen molar-refractivity contribution in [1.29, 1.82) is 0 Å². The molecule has 0 radical (unpaired) electrons. The highest BCUT2D eigenvalue weighted by atomic mass is 15.2. The Bertz CT molecular complexity index is 407. The summed E-state index contributed by atoms with van der Waals surface area (Å²) in [4.78, 5) is 11.6. The molecule has 0 spiro atoms. The van der Waals surface area contributed by atoms with Crippen LogP contribution in [0.4, 0.5) is 5.82 Å². The summed E-state index contributed by atoms with van der Waals surface area (Å²) in [6.07, 6.45) is 8.94. The largest absolute Gasteiger partial charge is 0.352 e. The molecule has 4 nitrogen and oxygen atoms in total. The van der Waals surface area contributed by atoms with Crippen molar-refractivity contribution in [2.45, 2.75) is 71.5 Å². The van der Waals surface area contributed by atoms with Crippen LogP contribution in [0.3, 0.4) is 0 Å². The zero-order valence-corrected chi connectivity index (χ0v) is 13.3. The van der Waals surface area contributed by atoms with Crippen molar-refractivity contribution >= 4 is 5.82 Å². The number of piperidine rings is 1. The van der Waals surface area contributed by atoms with Gasteiger partial charge in [-0.05, 0) is 46.5 Å². The van der Waals surface area contributed by atoms with E-state index >= 15 is 0 Å². The van der Waals surface area contributed by atoms with E-state index in [0.29, 0.717) is 6.04 Å². The molecule has 0 bridgehead atoms. The summed E-state index contributed by atoms with van der Waals surface area (Å²) >= 11 is 0. The highest BCUT2D eigenvalue weighted by Gasteiger charge is 2.22. The standard InChI is InChI=1S/C16H28N4/c1-5-14-8-6-7-9-20(14)15-12-17-13(10-18-15)11-19-16(2,3)4/h10,12,14,19H,5-9,11H2,1-4H3. The minimum atomic E-state index is 0.112. The normalized spacial score (nSPS) is 20.2. The van der Waals surface area contributed by atoms with Gasteiger partial charge in [0, 0.05) is 24.7 Å². The van der Waals surface area contributed by atoms with Crippen LogP contribution in [0.15, 0.2) is 12.4 Å². The number of aromatic nitrogens is 2. The highest BCUT2D eigenvalue weighted by Crippen LogP contribution is 2.24. The molecule has 1 aliphatic heterocycles. The van der Waals surface area contributed by atoms with Crippen molar-refractivity contribution in [2.75, 3.05) is 11.4 Å². The van der Waals surface area contributed by atoms with E-state index in [4.69, 9.17) is 0 Å². The van der Waals surface area contributed by atoms with Crippen LogP contribution >= 0.6 is 0 Å². The molecule has 0 aliphatic carbocycles.